The maximum Gasteiger partial charge on any atom is 0.131 e. The summed E-state index contributed by atoms with van der Waals surface area (Å²) in [5, 5.41) is 0. The summed E-state index contributed by atoms with van der Waals surface area (Å²) in [5.41, 5.74) is 5.73. The summed E-state index contributed by atoms with van der Waals surface area (Å²) < 4.78 is 17.8. The lowest BCUT2D eigenvalue weighted by Gasteiger charge is -2.05. The summed E-state index contributed by atoms with van der Waals surface area (Å²) in [6.07, 6.45) is 0. The van der Waals surface area contributed by atoms with E-state index in [0.29, 0.717) is 11.3 Å². The number of rotatable bonds is 2. The largest absolute Gasteiger partial charge is 0.496 e. The van der Waals surface area contributed by atoms with Crippen LogP contribution >= 0.6 is 0 Å². The van der Waals surface area contributed by atoms with Crippen molar-refractivity contribution in [3.63, 3.8) is 0 Å². The maximum absolute atomic E-state index is 12.9. The second-order valence-electron chi connectivity index (χ2n) is 2.12. The van der Waals surface area contributed by atoms with Crippen molar-refractivity contribution in [1.29, 1.82) is 0 Å². The summed E-state index contributed by atoms with van der Waals surface area (Å²) in [4.78, 5) is 0. The van der Waals surface area contributed by atoms with Crippen LogP contribution in [0.1, 0.15) is 5.56 Å². The van der Waals surface area contributed by atoms with Crippen LogP contribution in [-0.2, 0) is 6.54 Å². The monoisotopic (exact) mass is 155 g/mol. The van der Waals surface area contributed by atoms with Crippen molar-refractivity contribution in [3.05, 3.63) is 29.6 Å². The first-order chi connectivity index (χ1) is 5.29. The van der Waals surface area contributed by atoms with E-state index in [2.05, 4.69) is 0 Å². The molecule has 0 spiro atoms. The summed E-state index contributed by atoms with van der Waals surface area (Å²) in [6, 6.07) is 4.64. The SMILES string of the molecule is COc1cccc(F)c1CN. The Morgan fingerprint density at radius 3 is 2.73 bits per heavy atom. The number of halogens is 1. The predicted molar refractivity (Wildman–Crippen MR) is 40.8 cm³/mol. The van der Waals surface area contributed by atoms with Crippen molar-refractivity contribution in [3.8, 4) is 5.75 Å². The Labute approximate surface area is 64.8 Å². The first-order valence-electron chi connectivity index (χ1n) is 3.31. The first kappa shape index (κ1) is 8.01. The molecule has 1 rings (SSSR count). The van der Waals surface area contributed by atoms with E-state index in [1.807, 2.05) is 0 Å². The Bertz CT molecular complexity index is 250. The molecule has 0 saturated carbocycles. The highest BCUT2D eigenvalue weighted by molar-refractivity contribution is 5.34. The standard InChI is InChI=1S/C8H10FNO/c1-11-8-4-2-3-7(9)6(8)5-10/h2-4H,5,10H2,1H3. The molecule has 11 heavy (non-hydrogen) atoms. The summed E-state index contributed by atoms with van der Waals surface area (Å²) in [6.45, 7) is 0.163. The highest BCUT2D eigenvalue weighted by atomic mass is 19.1. The van der Waals surface area contributed by atoms with Gasteiger partial charge in [-0.05, 0) is 12.1 Å². The molecule has 1 aromatic rings. The van der Waals surface area contributed by atoms with Gasteiger partial charge in [0.25, 0.3) is 0 Å². The van der Waals surface area contributed by atoms with Gasteiger partial charge in [0.05, 0.1) is 7.11 Å². The number of methoxy groups -OCH3 is 1. The molecule has 0 saturated heterocycles. The third-order valence-electron chi connectivity index (χ3n) is 1.50. The molecule has 2 N–H and O–H groups in total. The van der Waals surface area contributed by atoms with Crippen LogP contribution in [0, 0.1) is 5.82 Å². The molecular formula is C8H10FNO. The molecule has 60 valence electrons. The first-order valence-corrected chi connectivity index (χ1v) is 3.31. The van der Waals surface area contributed by atoms with Gasteiger partial charge in [-0.15, -0.1) is 0 Å². The van der Waals surface area contributed by atoms with E-state index < -0.39 is 0 Å². The van der Waals surface area contributed by atoms with Gasteiger partial charge in [0.2, 0.25) is 0 Å². The second kappa shape index (κ2) is 3.34. The molecule has 0 bridgehead atoms. The number of benzene rings is 1. The van der Waals surface area contributed by atoms with Crippen LogP contribution in [0.3, 0.4) is 0 Å². The van der Waals surface area contributed by atoms with Crippen LogP contribution in [0.15, 0.2) is 18.2 Å². The van der Waals surface area contributed by atoms with Gasteiger partial charge in [0.1, 0.15) is 11.6 Å². The third kappa shape index (κ3) is 1.49. The average Bonchev–Trinajstić information content (AvgIpc) is 2.04. The molecule has 0 aromatic heterocycles. The van der Waals surface area contributed by atoms with Crippen molar-refractivity contribution in [2.45, 2.75) is 6.54 Å². The van der Waals surface area contributed by atoms with Crippen molar-refractivity contribution >= 4 is 0 Å². The van der Waals surface area contributed by atoms with Gasteiger partial charge in [0.15, 0.2) is 0 Å². The van der Waals surface area contributed by atoms with Gasteiger partial charge in [-0.3, -0.25) is 0 Å². The molecule has 0 aliphatic heterocycles. The van der Waals surface area contributed by atoms with Crippen molar-refractivity contribution in [2.24, 2.45) is 5.73 Å². The van der Waals surface area contributed by atoms with Crippen molar-refractivity contribution in [2.75, 3.05) is 7.11 Å². The van der Waals surface area contributed by atoms with E-state index in [1.165, 1.54) is 13.2 Å². The lowest BCUT2D eigenvalue weighted by atomic mass is 10.2. The zero-order chi connectivity index (χ0) is 8.27. The van der Waals surface area contributed by atoms with Crippen LogP contribution in [0.5, 0.6) is 5.75 Å². The van der Waals surface area contributed by atoms with Gasteiger partial charge in [-0.2, -0.15) is 0 Å². The molecule has 0 amide bonds. The Hall–Kier alpha value is -1.09. The fourth-order valence-corrected chi connectivity index (χ4v) is 0.928. The number of hydrogen-bond acceptors (Lipinski definition) is 2. The fourth-order valence-electron chi connectivity index (χ4n) is 0.928. The lowest BCUT2D eigenvalue weighted by Crippen LogP contribution is -2.02. The van der Waals surface area contributed by atoms with Crippen LogP contribution in [0.4, 0.5) is 4.39 Å². The van der Waals surface area contributed by atoms with E-state index in [-0.39, 0.29) is 12.4 Å². The quantitative estimate of drug-likeness (QED) is 0.698. The Morgan fingerprint density at radius 2 is 2.27 bits per heavy atom. The molecule has 0 heterocycles. The van der Waals surface area contributed by atoms with E-state index in [1.54, 1.807) is 12.1 Å². The minimum Gasteiger partial charge on any atom is -0.496 e. The summed E-state index contributed by atoms with van der Waals surface area (Å²) in [5.74, 6) is 0.194. The Morgan fingerprint density at radius 1 is 1.55 bits per heavy atom. The minimum atomic E-state index is -0.313. The molecular weight excluding hydrogens is 145 g/mol. The van der Waals surface area contributed by atoms with Crippen molar-refractivity contribution < 1.29 is 9.13 Å². The van der Waals surface area contributed by atoms with E-state index >= 15 is 0 Å². The second-order valence-corrected chi connectivity index (χ2v) is 2.12. The zero-order valence-electron chi connectivity index (χ0n) is 6.30. The molecule has 0 unspecified atom stereocenters. The normalized spacial score (nSPS) is 9.73. The average molecular weight is 155 g/mol. The molecule has 0 atom stereocenters. The highest BCUT2D eigenvalue weighted by Crippen LogP contribution is 2.19. The topological polar surface area (TPSA) is 35.2 Å². The van der Waals surface area contributed by atoms with Crippen molar-refractivity contribution in [1.82, 2.24) is 0 Å². The molecule has 0 fully saturated rings. The van der Waals surface area contributed by atoms with E-state index in [9.17, 15) is 4.39 Å². The summed E-state index contributed by atoms with van der Waals surface area (Å²) >= 11 is 0. The Kier molecular flexibility index (Phi) is 2.44. The van der Waals surface area contributed by atoms with Crippen LogP contribution < -0.4 is 10.5 Å². The molecule has 0 aliphatic rings. The van der Waals surface area contributed by atoms with Crippen LogP contribution in [-0.4, -0.2) is 7.11 Å². The smallest absolute Gasteiger partial charge is 0.131 e. The number of ether oxygens (including phenoxy) is 1. The van der Waals surface area contributed by atoms with Crippen LogP contribution in [0.2, 0.25) is 0 Å². The zero-order valence-corrected chi connectivity index (χ0v) is 6.30. The van der Waals surface area contributed by atoms with Gasteiger partial charge in [0, 0.05) is 12.1 Å². The maximum atomic E-state index is 12.9. The molecule has 0 aliphatic carbocycles. The Balaban J connectivity index is 3.13. The fraction of sp³-hybridized carbons (Fsp3) is 0.250. The van der Waals surface area contributed by atoms with Gasteiger partial charge in [-0.1, -0.05) is 6.07 Å². The molecule has 0 radical (unpaired) electrons. The van der Waals surface area contributed by atoms with Gasteiger partial charge >= 0.3 is 0 Å². The van der Waals surface area contributed by atoms with E-state index in [4.69, 9.17) is 10.5 Å². The van der Waals surface area contributed by atoms with Gasteiger partial charge < -0.3 is 10.5 Å². The van der Waals surface area contributed by atoms with Gasteiger partial charge in [-0.25, -0.2) is 4.39 Å². The molecule has 3 heteroatoms. The highest BCUT2D eigenvalue weighted by Gasteiger charge is 2.05. The third-order valence-corrected chi connectivity index (χ3v) is 1.50. The molecule has 1 aromatic carbocycles. The lowest BCUT2D eigenvalue weighted by molar-refractivity contribution is 0.404. The van der Waals surface area contributed by atoms with E-state index in [0.717, 1.165) is 0 Å². The predicted octanol–water partition coefficient (Wildman–Crippen LogP) is 1.29. The molecule has 2 nitrogen and oxygen atoms in total. The number of nitrogens with two attached hydrogens (primary N) is 1. The summed E-state index contributed by atoms with van der Waals surface area (Å²) in [7, 11) is 1.49. The van der Waals surface area contributed by atoms with Crippen LogP contribution in [0.25, 0.3) is 0 Å². The minimum absolute atomic E-state index is 0.163. The number of hydrogen-bond donors (Lipinski definition) is 1.